The number of carbonyl (C=O) groups excluding carboxylic acids is 2. The van der Waals surface area contributed by atoms with Gasteiger partial charge in [0.2, 0.25) is 0 Å². The number of carbonyl (C=O) groups is 2. The molecule has 0 radical (unpaired) electrons. The van der Waals surface area contributed by atoms with E-state index in [4.69, 9.17) is 18.9 Å². The number of esters is 2. The van der Waals surface area contributed by atoms with Gasteiger partial charge in [-0.05, 0) is 75.2 Å². The average Bonchev–Trinajstić information content (AvgIpc) is 3.36. The number of aliphatic hydroxyl groups is 4. The minimum Gasteiger partial charge on any atom is -0.458 e. The second-order valence-electron chi connectivity index (χ2n) is 12.7. The van der Waals surface area contributed by atoms with Gasteiger partial charge < -0.3 is 39.4 Å². The molecule has 1 saturated heterocycles. The van der Waals surface area contributed by atoms with E-state index in [1.807, 2.05) is 6.92 Å². The molecule has 0 aromatic rings. The Morgan fingerprint density at radius 2 is 1.93 bits per heavy atom. The van der Waals surface area contributed by atoms with Gasteiger partial charge in [0.05, 0.1) is 13.2 Å². The third kappa shape index (κ3) is 6.19. The summed E-state index contributed by atoms with van der Waals surface area (Å²) in [5, 5.41) is 40.7. The lowest BCUT2D eigenvalue weighted by atomic mass is 9.46. The number of fused-ring (bicyclic) bond motifs is 1. The number of hydrogen-bond donors (Lipinski definition) is 4. The minimum absolute atomic E-state index is 0.0447. The highest BCUT2D eigenvalue weighted by Crippen LogP contribution is 2.62. The molecule has 4 rings (SSSR count). The Morgan fingerprint density at radius 1 is 1.20 bits per heavy atom. The summed E-state index contributed by atoms with van der Waals surface area (Å²) in [4.78, 5) is 24.5. The van der Waals surface area contributed by atoms with E-state index in [0.717, 1.165) is 37.7 Å². The molecule has 230 valence electrons. The van der Waals surface area contributed by atoms with Crippen molar-refractivity contribution in [2.75, 3.05) is 19.8 Å². The van der Waals surface area contributed by atoms with Crippen molar-refractivity contribution in [2.24, 2.45) is 22.7 Å². The molecule has 0 spiro atoms. The standard InChI is InChI=1S/C31H46O10/c1-6-17(2)28(37)41-23-11-12-30(4)20(9-8-19-13-24(33)38-15-19)18(3)7-10-22(30)31(23,5)16-39-29-27(36)26(35)25(34)21(14-32)40-29/h6,13,20-23,25-27,29,32,34-36H,3,7-12,14-16H2,1-2,4-5H3/b17-6+/t20-,21-,22+,23-,25-,26+,27-,29-,30-,31-/m1/s1. The molecule has 4 aliphatic rings. The molecule has 0 bridgehead atoms. The summed E-state index contributed by atoms with van der Waals surface area (Å²) in [6.45, 7) is 12.1. The molecule has 2 aliphatic heterocycles. The average molecular weight is 579 g/mol. The van der Waals surface area contributed by atoms with Crippen LogP contribution in [0.25, 0.3) is 0 Å². The summed E-state index contributed by atoms with van der Waals surface area (Å²) in [5.41, 5.74) is 1.76. The quantitative estimate of drug-likeness (QED) is 0.182. The third-order valence-electron chi connectivity index (χ3n) is 10.2. The Morgan fingerprint density at radius 3 is 2.56 bits per heavy atom. The van der Waals surface area contributed by atoms with Gasteiger partial charge in [-0.3, -0.25) is 0 Å². The molecule has 0 unspecified atom stereocenters. The predicted octanol–water partition coefficient (Wildman–Crippen LogP) is 2.33. The minimum atomic E-state index is -1.55. The first-order valence-corrected chi connectivity index (χ1v) is 14.7. The fraction of sp³-hybridized carbons (Fsp3) is 0.742. The molecule has 10 nitrogen and oxygen atoms in total. The van der Waals surface area contributed by atoms with Crippen molar-refractivity contribution < 1.29 is 49.0 Å². The number of hydrogen-bond acceptors (Lipinski definition) is 10. The number of aliphatic hydroxyl groups excluding tert-OH is 4. The largest absolute Gasteiger partial charge is 0.458 e. The van der Waals surface area contributed by atoms with Crippen molar-refractivity contribution in [2.45, 2.75) is 103 Å². The summed E-state index contributed by atoms with van der Waals surface area (Å²) in [6, 6.07) is 0. The van der Waals surface area contributed by atoms with Crippen LogP contribution in [0.3, 0.4) is 0 Å². The van der Waals surface area contributed by atoms with Crippen LogP contribution in [0.4, 0.5) is 0 Å². The zero-order valence-corrected chi connectivity index (χ0v) is 24.6. The second-order valence-corrected chi connectivity index (χ2v) is 12.7. The van der Waals surface area contributed by atoms with E-state index in [0.29, 0.717) is 18.6 Å². The Balaban J connectivity index is 1.61. The molecule has 2 saturated carbocycles. The zero-order valence-electron chi connectivity index (χ0n) is 24.6. The van der Waals surface area contributed by atoms with Gasteiger partial charge in [-0.25, -0.2) is 9.59 Å². The fourth-order valence-corrected chi connectivity index (χ4v) is 7.59. The highest BCUT2D eigenvalue weighted by atomic mass is 16.7. The van der Waals surface area contributed by atoms with Crippen LogP contribution in [0.5, 0.6) is 0 Å². The van der Waals surface area contributed by atoms with E-state index >= 15 is 0 Å². The number of cyclic esters (lactones) is 1. The second kappa shape index (κ2) is 12.7. The van der Waals surface area contributed by atoms with Crippen LogP contribution < -0.4 is 0 Å². The number of rotatable bonds is 9. The van der Waals surface area contributed by atoms with Crippen molar-refractivity contribution >= 4 is 11.9 Å². The lowest BCUT2D eigenvalue weighted by Crippen LogP contribution is -2.61. The van der Waals surface area contributed by atoms with Crippen molar-refractivity contribution in [1.29, 1.82) is 0 Å². The zero-order chi connectivity index (χ0) is 30.1. The first-order valence-electron chi connectivity index (χ1n) is 14.7. The van der Waals surface area contributed by atoms with Crippen LogP contribution in [0, 0.1) is 22.7 Å². The number of ether oxygens (including phenoxy) is 4. The van der Waals surface area contributed by atoms with Crippen molar-refractivity contribution in [1.82, 2.24) is 0 Å². The molecule has 0 amide bonds. The van der Waals surface area contributed by atoms with Crippen molar-refractivity contribution in [3.8, 4) is 0 Å². The molecule has 41 heavy (non-hydrogen) atoms. The van der Waals surface area contributed by atoms with E-state index in [1.165, 1.54) is 5.57 Å². The summed E-state index contributed by atoms with van der Waals surface area (Å²) in [7, 11) is 0. The molecule has 2 aliphatic carbocycles. The van der Waals surface area contributed by atoms with E-state index in [2.05, 4.69) is 13.5 Å². The molecule has 0 aromatic heterocycles. The van der Waals surface area contributed by atoms with Gasteiger partial charge in [-0.1, -0.05) is 32.1 Å². The summed E-state index contributed by atoms with van der Waals surface area (Å²) >= 11 is 0. The maximum absolute atomic E-state index is 12.9. The van der Waals surface area contributed by atoms with E-state index < -0.39 is 54.8 Å². The van der Waals surface area contributed by atoms with Crippen LogP contribution in [-0.2, 0) is 28.5 Å². The van der Waals surface area contributed by atoms with Crippen LogP contribution in [0.2, 0.25) is 0 Å². The van der Waals surface area contributed by atoms with E-state index in [9.17, 15) is 30.0 Å². The lowest BCUT2D eigenvalue weighted by molar-refractivity contribution is -0.313. The highest BCUT2D eigenvalue weighted by molar-refractivity contribution is 5.87. The molecule has 10 atom stereocenters. The van der Waals surface area contributed by atoms with E-state index in [1.54, 1.807) is 26.0 Å². The maximum Gasteiger partial charge on any atom is 0.333 e. The summed E-state index contributed by atoms with van der Waals surface area (Å²) in [5.74, 6) is -0.486. The molecular formula is C31H46O10. The van der Waals surface area contributed by atoms with Gasteiger partial charge in [0.1, 0.15) is 37.1 Å². The Labute approximate surface area is 242 Å². The monoisotopic (exact) mass is 578 g/mol. The Bertz CT molecular complexity index is 1070. The highest BCUT2D eigenvalue weighted by Gasteiger charge is 2.59. The smallest absolute Gasteiger partial charge is 0.333 e. The number of allylic oxidation sites excluding steroid dienone is 2. The van der Waals surface area contributed by atoms with Crippen LogP contribution in [-0.4, -0.2) is 89.0 Å². The molecule has 4 N–H and O–H groups in total. The lowest BCUT2D eigenvalue weighted by Gasteiger charge is -2.61. The summed E-state index contributed by atoms with van der Waals surface area (Å²) in [6.07, 6.45) is 0.419. The van der Waals surface area contributed by atoms with Crippen LogP contribution in [0.15, 0.2) is 35.5 Å². The predicted molar refractivity (Wildman–Crippen MR) is 148 cm³/mol. The van der Waals surface area contributed by atoms with Crippen LogP contribution in [0.1, 0.15) is 66.2 Å². The molecular weight excluding hydrogens is 532 g/mol. The topological polar surface area (TPSA) is 152 Å². The summed E-state index contributed by atoms with van der Waals surface area (Å²) < 4.78 is 23.0. The maximum atomic E-state index is 12.9. The van der Waals surface area contributed by atoms with Crippen molar-refractivity contribution in [3.63, 3.8) is 0 Å². The van der Waals surface area contributed by atoms with E-state index in [-0.39, 0.29) is 29.8 Å². The third-order valence-corrected chi connectivity index (χ3v) is 10.2. The van der Waals surface area contributed by atoms with Crippen molar-refractivity contribution in [3.05, 3.63) is 35.5 Å². The van der Waals surface area contributed by atoms with Gasteiger partial charge in [0, 0.05) is 17.1 Å². The first kappa shape index (κ1) is 31.8. The van der Waals surface area contributed by atoms with Gasteiger partial charge in [0.15, 0.2) is 6.29 Å². The first-order chi connectivity index (χ1) is 19.3. The van der Waals surface area contributed by atoms with Gasteiger partial charge in [0.25, 0.3) is 0 Å². The Hall–Kier alpha value is -2.08. The van der Waals surface area contributed by atoms with Crippen LogP contribution >= 0.6 is 0 Å². The normalized spacial score (nSPS) is 41.5. The molecule has 2 heterocycles. The molecule has 3 fully saturated rings. The molecule has 10 heteroatoms. The van der Waals surface area contributed by atoms with Gasteiger partial charge >= 0.3 is 11.9 Å². The molecule has 0 aromatic carbocycles. The van der Waals surface area contributed by atoms with Gasteiger partial charge in [-0.15, -0.1) is 0 Å². The van der Waals surface area contributed by atoms with Gasteiger partial charge in [-0.2, -0.15) is 0 Å². The SMILES string of the molecule is C=C1CC[C@H]2[C@](C)(CC[C@@H](OC(=O)/C(C)=C/C)[C@]2(C)CO[C@@H]2O[C@H](CO)[C@@H](O)[C@H](O)[C@H]2O)[C@@H]1CCC1=CC(=O)OC1. The Kier molecular flexibility index (Phi) is 9.83. The fourth-order valence-electron chi connectivity index (χ4n) is 7.59.